The zero-order valence-electron chi connectivity index (χ0n) is 13.7. The predicted octanol–water partition coefficient (Wildman–Crippen LogP) is 3.47. The largest absolute Gasteiger partial charge is 0.493 e. The number of thioether (sulfide) groups is 1. The van der Waals surface area contributed by atoms with Gasteiger partial charge in [-0.3, -0.25) is 0 Å². The Hall–Kier alpha value is -2.27. The second-order valence-electron chi connectivity index (χ2n) is 5.09. The van der Waals surface area contributed by atoms with E-state index in [1.165, 1.54) is 0 Å². The Morgan fingerprint density at radius 1 is 1.00 bits per heavy atom. The van der Waals surface area contributed by atoms with Crippen molar-refractivity contribution < 1.29 is 14.0 Å². The lowest BCUT2D eigenvalue weighted by Crippen LogP contribution is -2.33. The molecular weight excluding hydrogens is 308 g/mol. The van der Waals surface area contributed by atoms with Gasteiger partial charge in [-0.25, -0.2) is 4.57 Å². The van der Waals surface area contributed by atoms with Crippen molar-refractivity contribution in [1.82, 2.24) is 4.98 Å². The maximum absolute atomic E-state index is 5.45. The van der Waals surface area contributed by atoms with E-state index >= 15 is 0 Å². The van der Waals surface area contributed by atoms with Crippen LogP contribution in [0.25, 0.3) is 22.3 Å². The third-order valence-electron chi connectivity index (χ3n) is 3.84. The number of hydrogen-bond donors (Lipinski definition) is 0. The number of benzene rings is 2. The number of methoxy groups -OCH3 is 2. The van der Waals surface area contributed by atoms with Crippen molar-refractivity contribution in [2.75, 3.05) is 20.5 Å². The van der Waals surface area contributed by atoms with Gasteiger partial charge in [0.25, 0.3) is 0 Å². The fourth-order valence-corrected chi connectivity index (χ4v) is 3.22. The Kier molecular flexibility index (Phi) is 4.39. The van der Waals surface area contributed by atoms with Crippen LogP contribution in [0.4, 0.5) is 0 Å². The molecule has 0 bridgehead atoms. The van der Waals surface area contributed by atoms with Crippen molar-refractivity contribution in [3.05, 3.63) is 42.5 Å². The van der Waals surface area contributed by atoms with E-state index in [0.29, 0.717) is 11.5 Å². The molecule has 0 aliphatic heterocycles. The van der Waals surface area contributed by atoms with Crippen molar-refractivity contribution in [2.45, 2.75) is 5.03 Å². The Bertz CT molecular complexity index is 851. The normalized spacial score (nSPS) is 10.8. The van der Waals surface area contributed by atoms with Crippen LogP contribution < -0.4 is 14.0 Å². The minimum Gasteiger partial charge on any atom is -0.493 e. The van der Waals surface area contributed by atoms with Crippen molar-refractivity contribution >= 4 is 22.7 Å². The van der Waals surface area contributed by atoms with E-state index in [9.17, 15) is 0 Å². The number of hydrogen-bond acceptors (Lipinski definition) is 4. The first-order valence-corrected chi connectivity index (χ1v) is 8.47. The molecule has 0 fully saturated rings. The standard InChI is InChI=1S/C18H19N2O2S/c1-20-14-11-16(22-3)15(21-2)10-13(14)18(23-4)19-17(20)12-8-6-5-7-9-12/h5-11H,1-4H3/q+1. The maximum atomic E-state index is 5.45. The van der Waals surface area contributed by atoms with Gasteiger partial charge in [0.1, 0.15) is 5.52 Å². The van der Waals surface area contributed by atoms with Crippen molar-refractivity contribution in [3.8, 4) is 22.9 Å². The smallest absolute Gasteiger partial charge is 0.331 e. The molecule has 0 radical (unpaired) electrons. The Morgan fingerprint density at radius 2 is 1.65 bits per heavy atom. The molecule has 4 nitrogen and oxygen atoms in total. The van der Waals surface area contributed by atoms with Gasteiger partial charge < -0.3 is 9.47 Å². The number of rotatable bonds is 4. The lowest BCUT2D eigenvalue weighted by molar-refractivity contribution is -0.636. The van der Waals surface area contributed by atoms with Crippen LogP contribution in [-0.2, 0) is 7.05 Å². The summed E-state index contributed by atoms with van der Waals surface area (Å²) in [5, 5.41) is 2.02. The molecule has 0 aliphatic carbocycles. The molecule has 0 atom stereocenters. The Labute approximate surface area is 140 Å². The lowest BCUT2D eigenvalue weighted by Gasteiger charge is -2.11. The summed E-state index contributed by atoms with van der Waals surface area (Å²) < 4.78 is 13.0. The molecule has 118 valence electrons. The average molecular weight is 327 g/mol. The topological polar surface area (TPSA) is 35.2 Å². The highest BCUT2D eigenvalue weighted by Gasteiger charge is 2.22. The molecule has 23 heavy (non-hydrogen) atoms. The third kappa shape index (κ3) is 2.72. The van der Waals surface area contributed by atoms with Crippen molar-refractivity contribution in [3.63, 3.8) is 0 Å². The second kappa shape index (κ2) is 6.46. The van der Waals surface area contributed by atoms with Crippen LogP contribution in [0.1, 0.15) is 0 Å². The van der Waals surface area contributed by atoms with Gasteiger partial charge in [0.05, 0.1) is 32.2 Å². The molecule has 3 aromatic rings. The monoisotopic (exact) mass is 327 g/mol. The molecule has 0 saturated heterocycles. The summed E-state index contributed by atoms with van der Waals surface area (Å²) in [4.78, 5) is 4.85. The van der Waals surface area contributed by atoms with Gasteiger partial charge in [0.15, 0.2) is 11.5 Å². The molecule has 5 heteroatoms. The van der Waals surface area contributed by atoms with Gasteiger partial charge in [-0.05, 0) is 23.4 Å². The van der Waals surface area contributed by atoms with Crippen LogP contribution in [0, 0.1) is 0 Å². The molecule has 0 saturated carbocycles. The molecule has 1 aromatic heterocycles. The predicted molar refractivity (Wildman–Crippen MR) is 93.2 cm³/mol. The summed E-state index contributed by atoms with van der Waals surface area (Å²) >= 11 is 1.63. The number of aromatic nitrogens is 2. The van der Waals surface area contributed by atoms with Crippen molar-refractivity contribution in [2.24, 2.45) is 7.05 Å². The van der Waals surface area contributed by atoms with Gasteiger partial charge in [-0.1, -0.05) is 30.0 Å². The Balaban J connectivity index is 2.36. The minimum absolute atomic E-state index is 0.713. The number of aryl methyl sites for hydroxylation is 1. The first-order valence-electron chi connectivity index (χ1n) is 7.24. The number of fused-ring (bicyclic) bond motifs is 1. The highest BCUT2D eigenvalue weighted by Crippen LogP contribution is 2.35. The summed E-state index contributed by atoms with van der Waals surface area (Å²) in [6, 6.07) is 14.2. The molecule has 0 N–H and O–H groups in total. The third-order valence-corrected chi connectivity index (χ3v) is 4.54. The van der Waals surface area contributed by atoms with Crippen LogP contribution in [0.15, 0.2) is 47.5 Å². The summed E-state index contributed by atoms with van der Waals surface area (Å²) in [7, 11) is 5.32. The van der Waals surface area contributed by atoms with Crippen LogP contribution in [0.2, 0.25) is 0 Å². The summed E-state index contributed by atoms with van der Waals surface area (Å²) in [6.45, 7) is 0. The van der Waals surface area contributed by atoms with E-state index < -0.39 is 0 Å². The van der Waals surface area contributed by atoms with Gasteiger partial charge >= 0.3 is 5.82 Å². The molecule has 0 amide bonds. The molecular formula is C18H19N2O2S+. The number of nitrogens with zero attached hydrogens (tertiary/aromatic N) is 2. The van der Waals surface area contributed by atoms with E-state index in [2.05, 4.69) is 16.7 Å². The fourth-order valence-electron chi connectivity index (χ4n) is 2.66. The zero-order valence-corrected chi connectivity index (χ0v) is 14.5. The summed E-state index contributed by atoms with van der Waals surface area (Å²) in [5.41, 5.74) is 2.14. The highest BCUT2D eigenvalue weighted by molar-refractivity contribution is 7.98. The van der Waals surface area contributed by atoms with Gasteiger partial charge in [0, 0.05) is 12.1 Å². The fraction of sp³-hybridized carbons (Fsp3) is 0.222. The van der Waals surface area contributed by atoms with Gasteiger partial charge in [0.2, 0.25) is 5.03 Å². The van der Waals surface area contributed by atoms with E-state index in [0.717, 1.165) is 27.3 Å². The molecule has 0 aliphatic rings. The lowest BCUT2D eigenvalue weighted by atomic mass is 10.1. The van der Waals surface area contributed by atoms with Crippen LogP contribution in [0.5, 0.6) is 11.5 Å². The zero-order chi connectivity index (χ0) is 16.4. The highest BCUT2D eigenvalue weighted by atomic mass is 32.2. The number of ether oxygens (including phenoxy) is 2. The molecule has 0 spiro atoms. The molecule has 0 unspecified atom stereocenters. The molecule has 1 heterocycles. The van der Waals surface area contributed by atoms with Crippen LogP contribution >= 0.6 is 11.8 Å². The minimum atomic E-state index is 0.713. The summed E-state index contributed by atoms with van der Waals surface area (Å²) in [6.07, 6.45) is 2.03. The molecule has 3 rings (SSSR count). The molecule has 2 aromatic carbocycles. The first kappa shape index (κ1) is 15.6. The summed E-state index contributed by atoms with van der Waals surface area (Å²) in [5.74, 6) is 2.35. The maximum Gasteiger partial charge on any atom is 0.331 e. The van der Waals surface area contributed by atoms with E-state index in [-0.39, 0.29) is 0 Å². The average Bonchev–Trinajstić information content (AvgIpc) is 2.61. The van der Waals surface area contributed by atoms with E-state index in [1.54, 1.807) is 26.0 Å². The van der Waals surface area contributed by atoms with Crippen LogP contribution in [-0.4, -0.2) is 25.5 Å². The van der Waals surface area contributed by atoms with E-state index in [1.807, 2.05) is 43.6 Å². The van der Waals surface area contributed by atoms with E-state index in [4.69, 9.17) is 14.5 Å². The SMILES string of the molecule is COc1cc2c(SC)nc(-c3ccccc3)[n+](C)c2cc1OC. The second-order valence-corrected chi connectivity index (χ2v) is 5.89. The van der Waals surface area contributed by atoms with Crippen molar-refractivity contribution in [1.29, 1.82) is 0 Å². The van der Waals surface area contributed by atoms with Gasteiger partial charge in [-0.15, -0.1) is 0 Å². The quantitative estimate of drug-likeness (QED) is 0.418. The Morgan fingerprint density at radius 3 is 2.26 bits per heavy atom. The van der Waals surface area contributed by atoms with Gasteiger partial charge in [-0.2, -0.15) is 0 Å². The first-order chi connectivity index (χ1) is 11.2. The van der Waals surface area contributed by atoms with Crippen LogP contribution in [0.3, 0.4) is 0 Å².